The number of pyridine rings is 7. The maximum atomic E-state index is 13.2. The number of likely N-dealkylation sites (N-methyl/N-ethyl adjacent to an activating group) is 3. The van der Waals surface area contributed by atoms with E-state index in [1.807, 2.05) is 152 Å². The van der Waals surface area contributed by atoms with Crippen LogP contribution >= 0.6 is 91.4 Å². The van der Waals surface area contributed by atoms with E-state index in [2.05, 4.69) is 191 Å². The van der Waals surface area contributed by atoms with Crippen molar-refractivity contribution in [2.75, 3.05) is 113 Å². The fourth-order valence-corrected chi connectivity index (χ4v) is 17.3. The molecule has 17 heterocycles. The third-order valence-electron chi connectivity index (χ3n) is 21.6. The van der Waals surface area contributed by atoms with Crippen LogP contribution in [0.2, 0.25) is 0 Å². The quantitative estimate of drug-likeness (QED) is 0.0352. The van der Waals surface area contributed by atoms with E-state index in [-0.39, 0.29) is 70.9 Å². The molecule has 0 radical (unpaired) electrons. The van der Waals surface area contributed by atoms with Crippen LogP contribution in [0.1, 0.15) is 99.7 Å². The molecule has 0 atom stereocenters. The molecule has 5 aliphatic heterocycles. The molecule has 5 saturated heterocycles. The van der Waals surface area contributed by atoms with Crippen molar-refractivity contribution >= 4 is 178 Å². The number of carbonyl (C=O) groups is 3. The number of aryl methyl sites for hydroxylation is 4. The molecule has 0 bridgehead atoms. The molecular formula is C89H99Br5ClFN16NaO12-. The standard InChI is InChI=1S/C23H27BrN4O3.C15H16BrN3O.C15H17BrN2O3.C14H13BrN2O.C10H8BrN3.C8H10ClN2O.C3H4O2.CH3F.Na.H2O/c1-5-27(18-11-31-12-18)23-15(4)19(8-17-7-16(24)10-28(17)23)21(29)25-9-20-13(2)6-14(3)26-22(20)30;1-4-18(13-8-20-9-13)15-10(2)14(17-3)6-12-5-11(16)7-19(12)15;1-3-17(13-7-20-8-13)15-10(2)14(21-9-19)5-12-4-11(16)6-18(12)15;1-9-13(16-2)5-12-4-11(15)6-17(12)14(9)3-10-7-18-8-10;1-6-9(13-2)4-8-3-7(11)5-14(8)10(6)12;1-5-3-6(2)11-8(12)7(5)4-10-9;4-3-1-5-2-3;1-2;;/h6-8,10,18H,5,9,11-12H2,1-4H3,(H,25,29)(H,26,30);5-7,13H,4,8-9H2,1-2H3;4-6,9,13H,3,7-8H2,1-2H3;4-6,10H,3,7-8H2,1H3;3-5H,12H2,1H3;3H,4H2,1-2H3,(H,11,12);1-2H2;1H3;;1H2/q;;;;;-1;;;+1;/p-1/i;;;;;;;1D;;. The molecule has 0 aromatic carbocycles. The van der Waals surface area contributed by atoms with Gasteiger partial charge in [0.1, 0.15) is 36.4 Å². The van der Waals surface area contributed by atoms with Gasteiger partial charge >= 0.3 is 29.6 Å². The van der Waals surface area contributed by atoms with Crippen LogP contribution in [-0.4, -0.2) is 167 Å². The smallest absolute Gasteiger partial charge is 0.870 e. The predicted octanol–water partition coefficient (Wildman–Crippen LogP) is 15.9. The Hall–Kier alpha value is -8.68. The van der Waals surface area contributed by atoms with Crippen molar-refractivity contribution in [3.63, 3.8) is 0 Å². The summed E-state index contributed by atoms with van der Waals surface area (Å²) in [7, 11) is -1.00. The number of nitrogens with one attached hydrogen (secondary N) is 3. The fraction of sp³-hybridized carbons (Fsp3) is 0.371. The first kappa shape index (κ1) is 100. The summed E-state index contributed by atoms with van der Waals surface area (Å²) in [6, 6.07) is 24.4. The van der Waals surface area contributed by atoms with Gasteiger partial charge in [-0.05, 0) is 264 Å². The first-order chi connectivity index (χ1) is 59.4. The monoisotopic (exact) mass is 2060 g/mol. The van der Waals surface area contributed by atoms with E-state index >= 15 is 0 Å². The van der Waals surface area contributed by atoms with E-state index in [4.69, 9.17) is 62.3 Å². The topological polar surface area (TPSA) is 299 Å². The zero-order valence-electron chi connectivity index (χ0n) is 72.8. The average molecular weight is 2060 g/mol. The summed E-state index contributed by atoms with van der Waals surface area (Å²) in [6.45, 7) is 55.6. The molecule has 12 aromatic heterocycles. The maximum Gasteiger partial charge on any atom is 1.00 e. The van der Waals surface area contributed by atoms with Crippen molar-refractivity contribution in [2.45, 2.75) is 121 Å². The molecular weight excluding hydrogens is 1960 g/mol. The Kier molecular flexibility index (Phi) is 37.5. The van der Waals surface area contributed by atoms with Gasteiger partial charge in [0.05, 0.1) is 111 Å². The van der Waals surface area contributed by atoms with E-state index in [1.54, 1.807) is 0 Å². The molecule has 0 spiro atoms. The van der Waals surface area contributed by atoms with Crippen LogP contribution in [0.25, 0.3) is 47.0 Å². The summed E-state index contributed by atoms with van der Waals surface area (Å²) in [4.78, 5) is 83.9. The Morgan fingerprint density at radius 2 is 0.936 bits per heavy atom. The number of nitrogens with two attached hydrogens (primary N) is 1. The Morgan fingerprint density at radius 1 is 0.568 bits per heavy atom. The van der Waals surface area contributed by atoms with E-state index in [1.165, 1.54) is 5.69 Å². The number of fused-ring (bicyclic) bond motifs is 5. The number of anilines is 4. The number of aromatic amines is 2. The van der Waals surface area contributed by atoms with Gasteiger partial charge in [0.2, 0.25) is 5.56 Å². The van der Waals surface area contributed by atoms with Crippen LogP contribution in [-0.2, 0) is 52.8 Å². The Morgan fingerprint density at radius 3 is 1.31 bits per heavy atom. The van der Waals surface area contributed by atoms with Gasteiger partial charge < -0.3 is 96.5 Å². The molecule has 12 aromatic rings. The normalized spacial score (nSPS) is 13.8. The number of H-pyrrole nitrogens is 2. The van der Waals surface area contributed by atoms with Crippen molar-refractivity contribution in [2.24, 2.45) is 5.92 Å². The number of Topliss-reactive ketones (excluding diaryl/α,β-unsaturated/α-hetero) is 1. The number of aromatic nitrogens is 7. The second kappa shape index (κ2) is 46.9. The van der Waals surface area contributed by atoms with Crippen molar-refractivity contribution in [1.29, 1.82) is 0 Å². The van der Waals surface area contributed by atoms with Crippen LogP contribution in [0.5, 0.6) is 5.75 Å². The first-order valence-corrected chi connectivity index (χ1v) is 43.7. The summed E-state index contributed by atoms with van der Waals surface area (Å²) < 4.78 is 61.9. The van der Waals surface area contributed by atoms with Crippen LogP contribution in [0.15, 0.2) is 136 Å². The summed E-state index contributed by atoms with van der Waals surface area (Å²) >= 11 is 22.7. The predicted molar refractivity (Wildman–Crippen MR) is 502 cm³/mol. The van der Waals surface area contributed by atoms with E-state index < -0.39 is 7.15 Å². The van der Waals surface area contributed by atoms with Gasteiger partial charge in [0.15, 0.2) is 22.8 Å². The average Bonchev–Trinajstić information content (AvgIpc) is 1.30. The molecule has 1 amide bonds. The van der Waals surface area contributed by atoms with Crippen molar-refractivity contribution in [3.05, 3.63) is 259 Å². The van der Waals surface area contributed by atoms with E-state index in [9.17, 15) is 28.4 Å². The van der Waals surface area contributed by atoms with Crippen LogP contribution in [0.4, 0.5) is 44.7 Å². The second-order valence-electron chi connectivity index (χ2n) is 29.8. The van der Waals surface area contributed by atoms with Gasteiger partial charge in [0.25, 0.3) is 17.9 Å². The van der Waals surface area contributed by atoms with Crippen molar-refractivity contribution in [1.82, 2.24) is 37.3 Å². The van der Waals surface area contributed by atoms with E-state index in [0.717, 1.165) is 195 Å². The number of hydrogen-bond donors (Lipinski definition) is 4. The maximum absolute atomic E-state index is 13.2. The molecule has 17 rings (SSSR count). The van der Waals surface area contributed by atoms with Crippen LogP contribution in [0, 0.1) is 87.9 Å². The molecule has 0 unspecified atom stereocenters. The number of nitrogens with zero attached hydrogens (tertiary/aromatic N) is 12. The molecule has 36 heteroatoms. The number of halogens is 7. The minimum absolute atomic E-state index is 0. The number of rotatable bonds is 18. The molecule has 0 saturated carbocycles. The van der Waals surface area contributed by atoms with Crippen LogP contribution in [0.3, 0.4) is 0 Å². The fourth-order valence-electron chi connectivity index (χ4n) is 14.9. The molecule has 658 valence electrons. The van der Waals surface area contributed by atoms with Gasteiger partial charge in [-0.15, -0.1) is 6.54 Å². The van der Waals surface area contributed by atoms with Crippen molar-refractivity contribution in [3.8, 4) is 5.75 Å². The number of hydrogen-bond acceptors (Lipinski definition) is 16. The summed E-state index contributed by atoms with van der Waals surface area (Å²) in [5.41, 5.74) is 24.0. The number of amides is 1. The van der Waals surface area contributed by atoms with E-state index in [0.29, 0.717) is 90.9 Å². The molecule has 5 aliphatic rings. The molecule has 28 nitrogen and oxygen atoms in total. The zero-order chi connectivity index (χ0) is 90.1. The largest absolute Gasteiger partial charge is 1.00 e. The molecule has 6 N–H and O–H groups in total. The zero-order valence-corrected chi connectivity index (χ0v) is 82.4. The third kappa shape index (κ3) is 24.0. The van der Waals surface area contributed by atoms with Gasteiger partial charge in [-0.25, -0.2) is 14.5 Å². The molecule has 5 fully saturated rings. The number of nitrogen functional groups attached to an aromatic ring is 1. The van der Waals surface area contributed by atoms with Gasteiger partial charge in [-0.3, -0.25) is 40.1 Å². The number of ether oxygens (including phenoxy) is 6. The third-order valence-corrected chi connectivity index (χ3v) is 23.9. The number of ketones is 1. The second-order valence-corrected chi connectivity index (χ2v) is 34.6. The molecule has 0 aliphatic carbocycles. The first-order valence-electron chi connectivity index (χ1n) is 40.1. The van der Waals surface area contributed by atoms with Gasteiger partial charge in [-0.1, -0.05) is 0 Å². The molecule has 125 heavy (non-hydrogen) atoms. The minimum atomic E-state index is -1.00. The number of carbonyl (C=O) groups excluding carboxylic acids is 3. The Balaban J connectivity index is 0.000000187. The van der Waals surface area contributed by atoms with Crippen LogP contribution < -0.4 is 71.2 Å². The summed E-state index contributed by atoms with van der Waals surface area (Å²) in [6.07, 6.45) is 11.1. The van der Waals surface area contributed by atoms with Gasteiger partial charge in [0, 0.05) is 158 Å². The number of alkyl halides is 1. The summed E-state index contributed by atoms with van der Waals surface area (Å²) in [5.74, 6) is 4.98. The minimum Gasteiger partial charge on any atom is -0.870 e. The SMILES string of the molecule is CCN(c1c(C)c(C(=O)NCc2c(C)cc(C)[nH]c2=O)cc2cc(Br)cn12)C1COC1.CCN(c1c(C)c(OC=O)cc2cc(Br)cn12)C1COC1.Cc1cc(C)c(C[N-]Cl)c(=O)[nH]1.O=C1COC1.[2H]CF.[C-]#[N+]c1cc2cc(Br)cn2c(CC2COC2)c1C.[C-]#[N+]c1cc2cc(Br)cn2c(N(CC)C2COC2)c1C.[C-]#[N+]c1cc2cc(Br)cn2c(N)c1C.[Na+].[OH-]. The van der Waals surface area contributed by atoms with Crippen molar-refractivity contribution < 1.29 is 83.6 Å². The van der Waals surface area contributed by atoms with Gasteiger partial charge in [-0.2, -0.15) is 0 Å². The Bertz CT molecular complexity index is 6150. The Labute approximate surface area is 795 Å². The summed E-state index contributed by atoms with van der Waals surface area (Å²) in [5, 5.41) is 2.95.